The second kappa shape index (κ2) is 5.01. The topological polar surface area (TPSA) is 71.8 Å². The summed E-state index contributed by atoms with van der Waals surface area (Å²) in [5, 5.41) is 0. The van der Waals surface area contributed by atoms with E-state index in [9.17, 15) is 4.79 Å². The van der Waals surface area contributed by atoms with Gasteiger partial charge in [-0.05, 0) is 0 Å². The average molecular weight is 263 g/mol. The van der Waals surface area contributed by atoms with Crippen LogP contribution in [0.1, 0.15) is 10.6 Å². The number of nitrogens with zero attached hydrogens (tertiary/aromatic N) is 1. The quantitative estimate of drug-likeness (QED) is 0.762. The van der Waals surface area contributed by atoms with Crippen molar-refractivity contribution in [3.8, 4) is 22.5 Å². The number of rotatable bonds is 3. The van der Waals surface area contributed by atoms with Crippen molar-refractivity contribution in [2.24, 2.45) is 5.73 Å². The molecule has 1 amide bonds. The van der Waals surface area contributed by atoms with Crippen LogP contribution in [-0.2, 0) is 0 Å². The lowest BCUT2D eigenvalue weighted by molar-refractivity contribution is 0.0991. The van der Waals surface area contributed by atoms with E-state index in [1.54, 1.807) is 0 Å². The van der Waals surface area contributed by atoms with Gasteiger partial charge in [-0.2, -0.15) is 0 Å². The highest BCUT2D eigenvalue weighted by atomic mass is 16.1. The van der Waals surface area contributed by atoms with Crippen molar-refractivity contribution in [3.05, 3.63) is 66.5 Å². The molecule has 1 heterocycles. The van der Waals surface area contributed by atoms with E-state index < -0.39 is 5.91 Å². The number of nitrogens with two attached hydrogens (primary N) is 1. The third-order valence-electron chi connectivity index (χ3n) is 3.05. The van der Waals surface area contributed by atoms with Gasteiger partial charge in [-0.25, -0.2) is 4.98 Å². The Morgan fingerprint density at radius 3 is 2.00 bits per heavy atom. The lowest BCUT2D eigenvalue weighted by Gasteiger charge is -2.02. The summed E-state index contributed by atoms with van der Waals surface area (Å²) in [5.41, 5.74) is 8.75. The smallest absolute Gasteiger partial charge is 0.284 e. The van der Waals surface area contributed by atoms with E-state index in [2.05, 4.69) is 9.97 Å². The molecule has 0 spiro atoms. The normalized spacial score (nSPS) is 10.4. The molecule has 0 radical (unpaired) electrons. The van der Waals surface area contributed by atoms with E-state index >= 15 is 0 Å². The predicted octanol–water partition coefficient (Wildman–Crippen LogP) is 2.84. The van der Waals surface area contributed by atoms with Gasteiger partial charge in [0.2, 0.25) is 0 Å². The fourth-order valence-corrected chi connectivity index (χ4v) is 2.11. The Labute approximate surface area is 116 Å². The first-order valence-corrected chi connectivity index (χ1v) is 6.26. The van der Waals surface area contributed by atoms with Gasteiger partial charge in [0.1, 0.15) is 0 Å². The Morgan fingerprint density at radius 1 is 0.900 bits per heavy atom. The summed E-state index contributed by atoms with van der Waals surface area (Å²) in [5.74, 6) is -0.396. The maximum absolute atomic E-state index is 11.4. The molecule has 0 saturated heterocycles. The summed E-state index contributed by atoms with van der Waals surface area (Å²) in [7, 11) is 0. The number of aromatic nitrogens is 2. The Balaban J connectivity index is 2.20. The Hall–Kier alpha value is -2.88. The number of H-pyrrole nitrogens is 1. The van der Waals surface area contributed by atoms with Crippen LogP contribution in [0.4, 0.5) is 0 Å². The van der Waals surface area contributed by atoms with Gasteiger partial charge < -0.3 is 10.7 Å². The number of hydrogen-bond acceptors (Lipinski definition) is 2. The third-order valence-corrected chi connectivity index (χ3v) is 3.05. The van der Waals surface area contributed by atoms with Crippen LogP contribution in [0, 0.1) is 0 Å². The second-order valence-electron chi connectivity index (χ2n) is 4.41. The van der Waals surface area contributed by atoms with E-state index in [-0.39, 0.29) is 5.82 Å². The van der Waals surface area contributed by atoms with Gasteiger partial charge in [0.15, 0.2) is 5.82 Å². The number of primary amides is 1. The van der Waals surface area contributed by atoms with Crippen LogP contribution in [0.2, 0.25) is 0 Å². The van der Waals surface area contributed by atoms with Gasteiger partial charge in [0.25, 0.3) is 5.91 Å². The maximum Gasteiger partial charge on any atom is 0.284 e. The van der Waals surface area contributed by atoms with Crippen LogP contribution in [0.15, 0.2) is 60.7 Å². The van der Waals surface area contributed by atoms with Crippen molar-refractivity contribution < 1.29 is 4.79 Å². The number of benzene rings is 2. The fourth-order valence-electron chi connectivity index (χ4n) is 2.11. The molecule has 3 rings (SSSR count). The number of imidazole rings is 1. The zero-order chi connectivity index (χ0) is 13.9. The molecular weight excluding hydrogens is 250 g/mol. The highest BCUT2D eigenvalue weighted by Gasteiger charge is 2.16. The zero-order valence-corrected chi connectivity index (χ0v) is 10.7. The molecule has 0 fully saturated rings. The van der Waals surface area contributed by atoms with E-state index in [0.717, 1.165) is 22.5 Å². The number of carbonyl (C=O) groups is 1. The number of hydrogen-bond donors (Lipinski definition) is 2. The van der Waals surface area contributed by atoms with Gasteiger partial charge in [-0.15, -0.1) is 0 Å². The van der Waals surface area contributed by atoms with Gasteiger partial charge >= 0.3 is 0 Å². The molecule has 2 aromatic carbocycles. The minimum absolute atomic E-state index is 0.169. The first kappa shape index (κ1) is 12.2. The van der Waals surface area contributed by atoms with E-state index in [1.165, 1.54) is 0 Å². The standard InChI is InChI=1S/C16H13N3O/c17-15(20)16-18-13(11-7-3-1-4-8-11)14(19-16)12-9-5-2-6-10-12/h1-10H,(H2,17,20)(H,18,19). The van der Waals surface area contributed by atoms with Gasteiger partial charge in [-0.1, -0.05) is 60.7 Å². The minimum atomic E-state index is -0.565. The van der Waals surface area contributed by atoms with Crippen LogP contribution < -0.4 is 5.73 Å². The molecule has 1 aromatic heterocycles. The fraction of sp³-hybridized carbons (Fsp3) is 0. The molecule has 0 saturated carbocycles. The summed E-state index contributed by atoms with van der Waals surface area (Å²) in [6, 6.07) is 19.5. The summed E-state index contributed by atoms with van der Waals surface area (Å²) < 4.78 is 0. The molecule has 3 N–H and O–H groups in total. The molecule has 4 nitrogen and oxygen atoms in total. The second-order valence-corrected chi connectivity index (χ2v) is 4.41. The predicted molar refractivity (Wildman–Crippen MR) is 78.0 cm³/mol. The lowest BCUT2D eigenvalue weighted by atomic mass is 10.1. The minimum Gasteiger partial charge on any atom is -0.363 e. The molecule has 98 valence electrons. The highest BCUT2D eigenvalue weighted by molar-refractivity contribution is 5.92. The molecule has 0 bridgehead atoms. The van der Waals surface area contributed by atoms with Crippen LogP contribution in [0.5, 0.6) is 0 Å². The van der Waals surface area contributed by atoms with Crippen molar-refractivity contribution in [3.63, 3.8) is 0 Å². The molecule has 0 aliphatic rings. The maximum atomic E-state index is 11.4. The van der Waals surface area contributed by atoms with Crippen molar-refractivity contribution >= 4 is 5.91 Å². The molecule has 0 atom stereocenters. The zero-order valence-electron chi connectivity index (χ0n) is 10.7. The monoisotopic (exact) mass is 263 g/mol. The van der Waals surface area contributed by atoms with E-state index in [1.807, 2.05) is 60.7 Å². The van der Waals surface area contributed by atoms with Crippen molar-refractivity contribution in [1.82, 2.24) is 9.97 Å². The SMILES string of the molecule is NC(=O)c1nc(-c2ccccc2)c(-c2ccccc2)[nH]1. The van der Waals surface area contributed by atoms with Gasteiger partial charge in [0.05, 0.1) is 11.4 Å². The average Bonchev–Trinajstić information content (AvgIpc) is 2.94. The number of amides is 1. The van der Waals surface area contributed by atoms with Gasteiger partial charge in [-0.3, -0.25) is 4.79 Å². The molecule has 4 heteroatoms. The van der Waals surface area contributed by atoms with E-state index in [4.69, 9.17) is 5.73 Å². The Kier molecular flexibility index (Phi) is 3.05. The van der Waals surface area contributed by atoms with Crippen LogP contribution in [0.3, 0.4) is 0 Å². The first-order chi connectivity index (χ1) is 9.75. The molecular formula is C16H13N3O. The van der Waals surface area contributed by atoms with Crippen molar-refractivity contribution in [1.29, 1.82) is 0 Å². The summed E-state index contributed by atoms with van der Waals surface area (Å²) in [6.45, 7) is 0. The highest BCUT2D eigenvalue weighted by Crippen LogP contribution is 2.29. The molecule has 3 aromatic rings. The molecule has 0 aliphatic carbocycles. The summed E-state index contributed by atoms with van der Waals surface area (Å²) >= 11 is 0. The van der Waals surface area contributed by atoms with Gasteiger partial charge in [0, 0.05) is 11.1 Å². The molecule has 0 aliphatic heterocycles. The van der Waals surface area contributed by atoms with Crippen molar-refractivity contribution in [2.45, 2.75) is 0 Å². The number of nitrogens with one attached hydrogen (secondary N) is 1. The van der Waals surface area contributed by atoms with Crippen LogP contribution in [-0.4, -0.2) is 15.9 Å². The Morgan fingerprint density at radius 2 is 1.45 bits per heavy atom. The Bertz CT molecular complexity index is 676. The molecule has 20 heavy (non-hydrogen) atoms. The van der Waals surface area contributed by atoms with E-state index in [0.29, 0.717) is 0 Å². The summed E-state index contributed by atoms with van der Waals surface area (Å²) in [4.78, 5) is 18.7. The van der Waals surface area contributed by atoms with Crippen molar-refractivity contribution in [2.75, 3.05) is 0 Å². The van der Waals surface area contributed by atoms with Crippen LogP contribution in [0.25, 0.3) is 22.5 Å². The lowest BCUT2D eigenvalue weighted by Crippen LogP contribution is -2.12. The third kappa shape index (κ3) is 2.19. The van der Waals surface area contributed by atoms with Crippen LogP contribution >= 0.6 is 0 Å². The first-order valence-electron chi connectivity index (χ1n) is 6.26. The number of aromatic amines is 1. The molecule has 0 unspecified atom stereocenters. The largest absolute Gasteiger partial charge is 0.363 e. The number of carbonyl (C=O) groups excluding carboxylic acids is 1. The summed E-state index contributed by atoms with van der Waals surface area (Å²) in [6.07, 6.45) is 0.